The summed E-state index contributed by atoms with van der Waals surface area (Å²) in [5.74, 6) is 0.627. The van der Waals surface area contributed by atoms with E-state index in [0.717, 1.165) is 12.8 Å². The summed E-state index contributed by atoms with van der Waals surface area (Å²) in [5.41, 5.74) is 1.49. The van der Waals surface area contributed by atoms with E-state index in [1.165, 1.54) is 6.20 Å². The summed E-state index contributed by atoms with van der Waals surface area (Å²) in [5, 5.41) is 17.0. The highest BCUT2D eigenvalue weighted by Gasteiger charge is 2.38. The van der Waals surface area contributed by atoms with Gasteiger partial charge in [-0.2, -0.15) is 0 Å². The van der Waals surface area contributed by atoms with Crippen LogP contribution in [0.4, 0.5) is 0 Å². The molecule has 0 amide bonds. The van der Waals surface area contributed by atoms with Crippen molar-refractivity contribution in [3.05, 3.63) is 23.9 Å². The van der Waals surface area contributed by atoms with Gasteiger partial charge in [-0.1, -0.05) is 27.2 Å². The second-order valence-electron chi connectivity index (χ2n) is 7.81. The zero-order valence-electron chi connectivity index (χ0n) is 16.0. The van der Waals surface area contributed by atoms with Crippen molar-refractivity contribution in [1.82, 2.24) is 19.3 Å². The Morgan fingerprint density at radius 1 is 1.44 bits per heavy atom. The molecule has 4 N–H and O–H groups in total. The molecule has 1 aliphatic rings. The zero-order valence-corrected chi connectivity index (χ0v) is 16.8. The van der Waals surface area contributed by atoms with E-state index in [-0.39, 0.29) is 35.0 Å². The minimum atomic E-state index is -3.32. The van der Waals surface area contributed by atoms with Crippen molar-refractivity contribution in [2.24, 2.45) is 17.8 Å². The molecule has 1 fully saturated rings. The molecule has 3 rings (SSSR count). The fourth-order valence-electron chi connectivity index (χ4n) is 4.12. The van der Waals surface area contributed by atoms with Gasteiger partial charge in [-0.05, 0) is 30.7 Å². The molecule has 1 saturated carbocycles. The monoisotopic (exact) mass is 392 g/mol. The standard InChI is InChI=1S/C18H28N6O2S/c1-4-12-7-13(23-27(25,26)10-11(2)3)8-14(12)17(20)24-15-5-6-21-18(15)22-9-16(24)19/h5-6,9,11-14,19-21,23H,4,7-8,10H2,1-3H3/t12-,13+,14+/m1/s1. The van der Waals surface area contributed by atoms with Crippen LogP contribution in [-0.4, -0.2) is 40.6 Å². The molecule has 2 heterocycles. The Balaban J connectivity index is 1.85. The lowest BCUT2D eigenvalue weighted by molar-refractivity contribution is 0.453. The molecule has 0 saturated heterocycles. The predicted molar refractivity (Wildman–Crippen MR) is 105 cm³/mol. The van der Waals surface area contributed by atoms with Gasteiger partial charge in [0.2, 0.25) is 10.0 Å². The summed E-state index contributed by atoms with van der Waals surface area (Å²) in [6.45, 7) is 5.85. The molecule has 0 aliphatic heterocycles. The van der Waals surface area contributed by atoms with Crippen molar-refractivity contribution >= 4 is 27.0 Å². The molecular formula is C18H28N6O2S. The van der Waals surface area contributed by atoms with Gasteiger partial charge in [0.05, 0.1) is 17.5 Å². The van der Waals surface area contributed by atoms with Crippen LogP contribution in [0.2, 0.25) is 0 Å². The minimum Gasteiger partial charge on any atom is -0.345 e. The van der Waals surface area contributed by atoms with Crippen LogP contribution in [0.25, 0.3) is 11.2 Å². The molecule has 2 aromatic heterocycles. The summed E-state index contributed by atoms with van der Waals surface area (Å²) in [6, 6.07) is 1.65. The maximum Gasteiger partial charge on any atom is 0.212 e. The first-order chi connectivity index (χ1) is 12.7. The molecule has 1 aliphatic carbocycles. The predicted octanol–water partition coefficient (Wildman–Crippen LogP) is 2.05. The molecule has 3 atom stereocenters. The van der Waals surface area contributed by atoms with Gasteiger partial charge >= 0.3 is 0 Å². The Bertz CT molecular complexity index is 991. The Labute approximate surface area is 159 Å². The van der Waals surface area contributed by atoms with Crippen LogP contribution < -0.4 is 10.2 Å². The second kappa shape index (κ2) is 7.55. The van der Waals surface area contributed by atoms with Crippen molar-refractivity contribution in [2.75, 3.05) is 5.75 Å². The van der Waals surface area contributed by atoms with Gasteiger partial charge in [0.15, 0.2) is 5.65 Å². The van der Waals surface area contributed by atoms with E-state index in [4.69, 9.17) is 10.8 Å². The molecule has 148 valence electrons. The second-order valence-corrected chi connectivity index (χ2v) is 9.61. The Kier molecular flexibility index (Phi) is 5.53. The first kappa shape index (κ1) is 19.8. The van der Waals surface area contributed by atoms with Crippen molar-refractivity contribution in [2.45, 2.75) is 46.1 Å². The molecule has 2 aromatic rings. The number of hydrogen-bond donors (Lipinski definition) is 4. The van der Waals surface area contributed by atoms with Crippen molar-refractivity contribution in [1.29, 1.82) is 10.8 Å². The van der Waals surface area contributed by atoms with Crippen molar-refractivity contribution < 1.29 is 8.42 Å². The Hall–Kier alpha value is -2.00. The SMILES string of the molecule is CC[C@@H]1C[C@H](NS(=O)(=O)CC(C)C)C[C@@H]1C(=N)n1c(=N)cnc2[nH]ccc21. The smallest absolute Gasteiger partial charge is 0.212 e. The van der Waals surface area contributed by atoms with Crippen LogP contribution in [0, 0.1) is 28.6 Å². The first-order valence-electron chi connectivity index (χ1n) is 9.40. The van der Waals surface area contributed by atoms with E-state index in [1.54, 1.807) is 10.8 Å². The van der Waals surface area contributed by atoms with Crippen molar-refractivity contribution in [3.63, 3.8) is 0 Å². The molecule has 0 bridgehead atoms. The maximum atomic E-state index is 12.3. The number of H-pyrrole nitrogens is 1. The number of aromatic amines is 1. The van der Waals surface area contributed by atoms with E-state index in [1.807, 2.05) is 19.9 Å². The highest BCUT2D eigenvalue weighted by atomic mass is 32.2. The lowest BCUT2D eigenvalue weighted by Crippen LogP contribution is -2.37. The minimum absolute atomic E-state index is 0.0695. The third-order valence-electron chi connectivity index (χ3n) is 5.21. The number of nitrogens with zero attached hydrogens (tertiary/aromatic N) is 2. The van der Waals surface area contributed by atoms with E-state index in [2.05, 4.69) is 21.6 Å². The van der Waals surface area contributed by atoms with Crippen LogP contribution in [0.5, 0.6) is 0 Å². The number of rotatable bonds is 6. The number of sulfonamides is 1. The number of fused-ring (bicyclic) bond motifs is 1. The van der Waals surface area contributed by atoms with Gasteiger partial charge in [0.1, 0.15) is 11.3 Å². The fourth-order valence-corrected chi connectivity index (χ4v) is 5.80. The topological polar surface area (TPSA) is 127 Å². The van der Waals surface area contributed by atoms with Gasteiger partial charge in [0.25, 0.3) is 0 Å². The Morgan fingerprint density at radius 3 is 2.85 bits per heavy atom. The average molecular weight is 393 g/mol. The Morgan fingerprint density at radius 2 is 2.19 bits per heavy atom. The molecule has 0 unspecified atom stereocenters. The molecule has 0 radical (unpaired) electrons. The first-order valence-corrected chi connectivity index (χ1v) is 11.1. The highest BCUT2D eigenvalue weighted by molar-refractivity contribution is 7.89. The average Bonchev–Trinajstić information content (AvgIpc) is 3.18. The molecule has 0 spiro atoms. The van der Waals surface area contributed by atoms with E-state index >= 15 is 0 Å². The number of nitrogens with one attached hydrogen (secondary N) is 4. The van der Waals surface area contributed by atoms with Gasteiger partial charge in [-0.3, -0.25) is 15.4 Å². The summed E-state index contributed by atoms with van der Waals surface area (Å²) in [6.07, 6.45) is 5.35. The fraction of sp³-hybridized carbons (Fsp3) is 0.611. The lowest BCUT2D eigenvalue weighted by atomic mass is 9.92. The summed E-state index contributed by atoms with van der Waals surface area (Å²) in [7, 11) is -3.32. The third kappa shape index (κ3) is 4.14. The summed E-state index contributed by atoms with van der Waals surface area (Å²) in [4.78, 5) is 7.20. The van der Waals surface area contributed by atoms with Gasteiger partial charge in [-0.15, -0.1) is 0 Å². The maximum absolute atomic E-state index is 12.3. The van der Waals surface area contributed by atoms with Gasteiger partial charge in [0, 0.05) is 18.2 Å². The number of aromatic nitrogens is 3. The van der Waals surface area contributed by atoms with E-state index in [9.17, 15) is 8.42 Å². The summed E-state index contributed by atoms with van der Waals surface area (Å²) >= 11 is 0. The largest absolute Gasteiger partial charge is 0.345 e. The third-order valence-corrected chi connectivity index (χ3v) is 7.01. The number of hydrogen-bond acceptors (Lipinski definition) is 5. The lowest BCUT2D eigenvalue weighted by Gasteiger charge is -2.21. The zero-order chi connectivity index (χ0) is 19.8. The molecule has 27 heavy (non-hydrogen) atoms. The van der Waals surface area contributed by atoms with Crippen LogP contribution in [0.15, 0.2) is 18.5 Å². The van der Waals surface area contributed by atoms with Crippen LogP contribution >= 0.6 is 0 Å². The van der Waals surface area contributed by atoms with E-state index < -0.39 is 10.0 Å². The molecule has 9 heteroatoms. The summed E-state index contributed by atoms with van der Waals surface area (Å²) < 4.78 is 29.1. The van der Waals surface area contributed by atoms with Crippen LogP contribution in [-0.2, 0) is 10.0 Å². The van der Waals surface area contributed by atoms with Gasteiger partial charge < -0.3 is 4.98 Å². The van der Waals surface area contributed by atoms with Gasteiger partial charge in [-0.25, -0.2) is 18.1 Å². The van der Waals surface area contributed by atoms with Crippen LogP contribution in [0.3, 0.4) is 0 Å². The quantitative estimate of drug-likeness (QED) is 0.444. The molecule has 0 aromatic carbocycles. The van der Waals surface area contributed by atoms with E-state index in [0.29, 0.717) is 23.4 Å². The molecular weight excluding hydrogens is 364 g/mol. The van der Waals surface area contributed by atoms with Crippen molar-refractivity contribution in [3.8, 4) is 0 Å². The van der Waals surface area contributed by atoms with Crippen LogP contribution in [0.1, 0.15) is 40.0 Å². The molecule has 8 nitrogen and oxygen atoms in total. The normalized spacial score (nSPS) is 23.3. The highest BCUT2D eigenvalue weighted by Crippen LogP contribution is 2.36.